The van der Waals surface area contributed by atoms with Crippen molar-refractivity contribution in [1.29, 1.82) is 0 Å². The van der Waals surface area contributed by atoms with Crippen LogP contribution in [-0.4, -0.2) is 32.2 Å². The third-order valence-corrected chi connectivity index (χ3v) is 4.12. The highest BCUT2D eigenvalue weighted by Crippen LogP contribution is 2.17. The lowest BCUT2D eigenvalue weighted by atomic mass is 10.1. The van der Waals surface area contributed by atoms with Crippen LogP contribution in [0.15, 0.2) is 41.5 Å². The van der Waals surface area contributed by atoms with Gasteiger partial charge in [-0.3, -0.25) is 19.3 Å². The van der Waals surface area contributed by atoms with Gasteiger partial charge >= 0.3 is 0 Å². The van der Waals surface area contributed by atoms with Gasteiger partial charge in [-0.15, -0.1) is 0 Å². The molecule has 7 nitrogen and oxygen atoms in total. The van der Waals surface area contributed by atoms with Crippen molar-refractivity contribution in [3.05, 3.63) is 69.8 Å². The molecule has 2 aromatic heterocycles. The number of rotatable bonds is 5. The molecule has 1 aromatic carbocycles. The summed E-state index contributed by atoms with van der Waals surface area (Å²) in [6.45, 7) is 4.09. The number of halogens is 1. The highest BCUT2D eigenvalue weighted by Gasteiger charge is 2.11. The molecule has 3 aromatic rings. The minimum absolute atomic E-state index is 0.119. The van der Waals surface area contributed by atoms with Crippen molar-refractivity contribution >= 4 is 5.91 Å². The van der Waals surface area contributed by atoms with Gasteiger partial charge in [-0.05, 0) is 44.2 Å². The highest BCUT2D eigenvalue weighted by molar-refractivity contribution is 5.93. The number of aromatic nitrogens is 4. The maximum absolute atomic E-state index is 13.0. The van der Waals surface area contributed by atoms with E-state index in [1.54, 1.807) is 32.0 Å². The van der Waals surface area contributed by atoms with Crippen molar-refractivity contribution in [2.75, 3.05) is 6.54 Å². The second kappa shape index (κ2) is 7.30. The number of benzene rings is 1. The standard InChI is InChI=1S/C18H18FN5O2/c1-11-12(2)21-10-24(18(11)26)8-7-20-17(25)16-9-15(22-23-16)13-3-5-14(19)6-4-13/h3-6,9-10H,7-8H2,1-2H3,(H,20,25)(H,22,23). The van der Waals surface area contributed by atoms with E-state index in [-0.39, 0.29) is 29.5 Å². The van der Waals surface area contributed by atoms with Crippen LogP contribution in [0.5, 0.6) is 0 Å². The molecular weight excluding hydrogens is 337 g/mol. The number of H-pyrrole nitrogens is 1. The van der Waals surface area contributed by atoms with E-state index in [4.69, 9.17) is 0 Å². The first kappa shape index (κ1) is 17.5. The van der Waals surface area contributed by atoms with Gasteiger partial charge < -0.3 is 5.32 Å². The van der Waals surface area contributed by atoms with E-state index >= 15 is 0 Å². The molecule has 134 valence electrons. The van der Waals surface area contributed by atoms with Gasteiger partial charge in [-0.2, -0.15) is 5.10 Å². The van der Waals surface area contributed by atoms with E-state index in [2.05, 4.69) is 20.5 Å². The van der Waals surface area contributed by atoms with Gasteiger partial charge in [0, 0.05) is 29.9 Å². The van der Waals surface area contributed by atoms with E-state index in [1.165, 1.54) is 23.0 Å². The van der Waals surface area contributed by atoms with Crippen LogP contribution in [0.3, 0.4) is 0 Å². The van der Waals surface area contributed by atoms with Gasteiger partial charge in [0.15, 0.2) is 0 Å². The molecule has 0 bridgehead atoms. The number of aromatic amines is 1. The van der Waals surface area contributed by atoms with Crippen LogP contribution in [0, 0.1) is 19.7 Å². The summed E-state index contributed by atoms with van der Waals surface area (Å²) in [5, 5.41) is 9.45. The first-order valence-corrected chi connectivity index (χ1v) is 8.08. The summed E-state index contributed by atoms with van der Waals surface area (Å²) < 4.78 is 14.4. The molecule has 0 radical (unpaired) electrons. The van der Waals surface area contributed by atoms with Crippen molar-refractivity contribution in [3.63, 3.8) is 0 Å². The summed E-state index contributed by atoms with van der Waals surface area (Å²) >= 11 is 0. The maximum Gasteiger partial charge on any atom is 0.269 e. The zero-order valence-corrected chi connectivity index (χ0v) is 14.4. The molecule has 1 amide bonds. The maximum atomic E-state index is 13.0. The Morgan fingerprint density at radius 2 is 2.00 bits per heavy atom. The molecule has 0 fully saturated rings. The van der Waals surface area contributed by atoms with Crippen LogP contribution in [0.4, 0.5) is 4.39 Å². The Balaban J connectivity index is 1.62. The van der Waals surface area contributed by atoms with Crippen molar-refractivity contribution in [2.45, 2.75) is 20.4 Å². The minimum Gasteiger partial charge on any atom is -0.349 e. The molecular formula is C18H18FN5O2. The van der Waals surface area contributed by atoms with Crippen LogP contribution in [0.25, 0.3) is 11.3 Å². The van der Waals surface area contributed by atoms with E-state index in [0.717, 1.165) is 0 Å². The predicted octanol–water partition coefficient (Wildman–Crippen LogP) is 1.82. The van der Waals surface area contributed by atoms with Crippen LogP contribution in [0.1, 0.15) is 21.7 Å². The van der Waals surface area contributed by atoms with Crippen molar-refractivity contribution in [2.24, 2.45) is 0 Å². The lowest BCUT2D eigenvalue weighted by Gasteiger charge is -2.08. The summed E-state index contributed by atoms with van der Waals surface area (Å²) in [6, 6.07) is 7.43. The zero-order valence-electron chi connectivity index (χ0n) is 14.4. The van der Waals surface area contributed by atoms with Gasteiger partial charge in [-0.1, -0.05) is 0 Å². The molecule has 0 aliphatic heterocycles. The van der Waals surface area contributed by atoms with Gasteiger partial charge in [0.25, 0.3) is 11.5 Å². The van der Waals surface area contributed by atoms with Crippen LogP contribution < -0.4 is 10.9 Å². The molecule has 8 heteroatoms. The van der Waals surface area contributed by atoms with Crippen molar-refractivity contribution in [1.82, 2.24) is 25.1 Å². The van der Waals surface area contributed by atoms with Gasteiger partial charge in [0.05, 0.1) is 12.0 Å². The predicted molar refractivity (Wildman–Crippen MR) is 94.3 cm³/mol. The van der Waals surface area contributed by atoms with Crippen molar-refractivity contribution in [3.8, 4) is 11.3 Å². The fourth-order valence-electron chi connectivity index (χ4n) is 2.43. The van der Waals surface area contributed by atoms with Crippen LogP contribution in [-0.2, 0) is 6.54 Å². The first-order chi connectivity index (χ1) is 12.5. The molecule has 26 heavy (non-hydrogen) atoms. The molecule has 2 heterocycles. The second-order valence-electron chi connectivity index (χ2n) is 5.88. The molecule has 0 atom stereocenters. The van der Waals surface area contributed by atoms with E-state index < -0.39 is 0 Å². The van der Waals surface area contributed by atoms with Crippen LogP contribution in [0.2, 0.25) is 0 Å². The minimum atomic E-state index is -0.337. The number of hydrogen-bond donors (Lipinski definition) is 2. The molecule has 0 saturated heterocycles. The largest absolute Gasteiger partial charge is 0.349 e. The quantitative estimate of drug-likeness (QED) is 0.730. The lowest BCUT2D eigenvalue weighted by molar-refractivity contribution is 0.0947. The Hall–Kier alpha value is -3.29. The molecule has 2 N–H and O–H groups in total. The molecule has 0 unspecified atom stereocenters. The average molecular weight is 355 g/mol. The van der Waals surface area contributed by atoms with E-state index in [9.17, 15) is 14.0 Å². The Morgan fingerprint density at radius 3 is 2.73 bits per heavy atom. The average Bonchev–Trinajstić information content (AvgIpc) is 3.12. The Morgan fingerprint density at radius 1 is 1.27 bits per heavy atom. The third kappa shape index (κ3) is 3.69. The summed E-state index contributed by atoms with van der Waals surface area (Å²) in [5.74, 6) is -0.672. The SMILES string of the molecule is Cc1ncn(CCNC(=O)c2cc(-c3ccc(F)cc3)n[nH]2)c(=O)c1C. The Kier molecular flexibility index (Phi) is 4.92. The molecule has 0 spiro atoms. The second-order valence-corrected chi connectivity index (χ2v) is 5.88. The van der Waals surface area contributed by atoms with E-state index in [1.807, 2.05) is 0 Å². The lowest BCUT2D eigenvalue weighted by Crippen LogP contribution is -2.32. The molecule has 0 saturated carbocycles. The number of nitrogens with one attached hydrogen (secondary N) is 2. The fourth-order valence-corrected chi connectivity index (χ4v) is 2.43. The Labute approximate surface area is 148 Å². The Bertz CT molecular complexity index is 992. The number of carbonyl (C=O) groups is 1. The number of aryl methyl sites for hydroxylation is 1. The summed E-state index contributed by atoms with van der Waals surface area (Å²) in [4.78, 5) is 28.4. The molecule has 3 rings (SSSR count). The van der Waals surface area contributed by atoms with Crippen LogP contribution >= 0.6 is 0 Å². The van der Waals surface area contributed by atoms with Gasteiger partial charge in [0.1, 0.15) is 11.5 Å². The summed E-state index contributed by atoms with van der Waals surface area (Å²) in [5.41, 5.74) is 2.71. The zero-order chi connectivity index (χ0) is 18.7. The molecule has 0 aliphatic carbocycles. The third-order valence-electron chi connectivity index (χ3n) is 4.12. The number of nitrogens with zero attached hydrogens (tertiary/aromatic N) is 3. The van der Waals surface area contributed by atoms with Gasteiger partial charge in [-0.25, -0.2) is 9.37 Å². The number of amides is 1. The van der Waals surface area contributed by atoms with E-state index in [0.29, 0.717) is 29.1 Å². The molecule has 0 aliphatic rings. The van der Waals surface area contributed by atoms with Crippen molar-refractivity contribution < 1.29 is 9.18 Å². The highest BCUT2D eigenvalue weighted by atomic mass is 19.1. The number of hydrogen-bond acceptors (Lipinski definition) is 4. The smallest absolute Gasteiger partial charge is 0.269 e. The number of carbonyl (C=O) groups excluding carboxylic acids is 1. The normalized spacial score (nSPS) is 10.7. The fraction of sp³-hybridized carbons (Fsp3) is 0.222. The monoisotopic (exact) mass is 355 g/mol. The van der Waals surface area contributed by atoms with Gasteiger partial charge in [0.2, 0.25) is 0 Å². The summed E-state index contributed by atoms with van der Waals surface area (Å²) in [6.07, 6.45) is 1.47. The first-order valence-electron chi connectivity index (χ1n) is 8.08. The topological polar surface area (TPSA) is 92.7 Å². The summed E-state index contributed by atoms with van der Waals surface area (Å²) in [7, 11) is 0.